The summed E-state index contributed by atoms with van der Waals surface area (Å²) in [7, 11) is 1.60. The number of alkyl halides is 4. The van der Waals surface area contributed by atoms with Gasteiger partial charge in [0.25, 0.3) is 5.91 Å². The predicted molar refractivity (Wildman–Crippen MR) is 68.3 cm³/mol. The summed E-state index contributed by atoms with van der Waals surface area (Å²) in [6, 6.07) is 4.19. The molecule has 0 saturated heterocycles. The molecule has 106 valence electrons. The third-order valence-electron chi connectivity index (χ3n) is 2.67. The van der Waals surface area contributed by atoms with Crippen molar-refractivity contribution in [2.24, 2.45) is 0 Å². The lowest BCUT2D eigenvalue weighted by Gasteiger charge is -2.18. The van der Waals surface area contributed by atoms with Gasteiger partial charge >= 0.3 is 6.18 Å². The minimum atomic E-state index is -4.39. The van der Waals surface area contributed by atoms with Crippen LogP contribution in [0.3, 0.4) is 0 Å². The van der Waals surface area contributed by atoms with Gasteiger partial charge in [0.1, 0.15) is 0 Å². The third kappa shape index (κ3) is 4.74. The molecule has 2 nitrogen and oxygen atoms in total. The second kappa shape index (κ2) is 6.28. The van der Waals surface area contributed by atoms with Crippen molar-refractivity contribution in [3.05, 3.63) is 35.4 Å². The number of rotatable bonds is 4. The van der Waals surface area contributed by atoms with Crippen LogP contribution in [0.5, 0.6) is 0 Å². The number of carbonyl (C=O) groups excluding carboxylic acids is 1. The summed E-state index contributed by atoms with van der Waals surface area (Å²) in [6.45, 7) is 2.28. The Morgan fingerprint density at radius 1 is 1.32 bits per heavy atom. The first-order valence-corrected chi connectivity index (χ1v) is 6.22. The Labute approximate surface area is 115 Å². The largest absolute Gasteiger partial charge is 0.416 e. The lowest BCUT2D eigenvalue weighted by molar-refractivity contribution is -0.137. The molecule has 0 bridgehead atoms. The first-order valence-electron chi connectivity index (χ1n) is 5.78. The van der Waals surface area contributed by atoms with E-state index in [1.54, 1.807) is 7.05 Å². The van der Waals surface area contributed by atoms with Crippen LogP contribution in [0, 0.1) is 0 Å². The summed E-state index contributed by atoms with van der Waals surface area (Å²) >= 11 is 5.78. The molecule has 6 heteroatoms. The van der Waals surface area contributed by atoms with Crippen molar-refractivity contribution in [1.29, 1.82) is 0 Å². The van der Waals surface area contributed by atoms with Crippen LogP contribution in [-0.2, 0) is 6.18 Å². The Kier molecular flexibility index (Phi) is 5.23. The monoisotopic (exact) mass is 293 g/mol. The molecule has 0 aliphatic rings. The molecule has 1 unspecified atom stereocenters. The van der Waals surface area contributed by atoms with Crippen LogP contribution in [-0.4, -0.2) is 29.8 Å². The molecule has 0 spiro atoms. The fourth-order valence-corrected chi connectivity index (χ4v) is 1.59. The van der Waals surface area contributed by atoms with E-state index in [0.29, 0.717) is 13.0 Å². The maximum absolute atomic E-state index is 12.4. The van der Waals surface area contributed by atoms with E-state index in [1.807, 2.05) is 6.92 Å². The van der Waals surface area contributed by atoms with Crippen LogP contribution >= 0.6 is 11.6 Å². The average Bonchev–Trinajstić information content (AvgIpc) is 2.34. The van der Waals surface area contributed by atoms with Gasteiger partial charge in [-0.2, -0.15) is 13.2 Å². The summed E-state index contributed by atoms with van der Waals surface area (Å²) < 4.78 is 37.1. The van der Waals surface area contributed by atoms with E-state index in [2.05, 4.69) is 0 Å². The number of hydrogen-bond donors (Lipinski definition) is 0. The minimum absolute atomic E-state index is 0.0529. The molecule has 0 aromatic heterocycles. The van der Waals surface area contributed by atoms with Crippen molar-refractivity contribution in [3.63, 3.8) is 0 Å². The summed E-state index contributed by atoms with van der Waals surface area (Å²) in [4.78, 5) is 13.4. The molecule has 1 atom stereocenters. The molecule has 1 aromatic rings. The zero-order valence-corrected chi connectivity index (χ0v) is 11.4. The maximum atomic E-state index is 12.4. The Bertz CT molecular complexity index is 429. The number of nitrogens with zero attached hydrogens (tertiary/aromatic N) is 1. The Morgan fingerprint density at radius 2 is 1.84 bits per heavy atom. The summed E-state index contributed by atoms with van der Waals surface area (Å²) in [5.74, 6) is -0.314. The molecule has 0 N–H and O–H groups in total. The lowest BCUT2D eigenvalue weighted by atomic mass is 10.1. The van der Waals surface area contributed by atoms with Gasteiger partial charge in [-0.1, -0.05) is 0 Å². The lowest BCUT2D eigenvalue weighted by Crippen LogP contribution is -2.28. The minimum Gasteiger partial charge on any atom is -0.342 e. The van der Waals surface area contributed by atoms with Crippen molar-refractivity contribution >= 4 is 17.5 Å². The van der Waals surface area contributed by atoms with Crippen molar-refractivity contribution < 1.29 is 18.0 Å². The topological polar surface area (TPSA) is 20.3 Å². The highest BCUT2D eigenvalue weighted by Gasteiger charge is 2.30. The fraction of sp³-hybridized carbons (Fsp3) is 0.462. The van der Waals surface area contributed by atoms with Crippen LogP contribution < -0.4 is 0 Å². The van der Waals surface area contributed by atoms with Gasteiger partial charge in [0.15, 0.2) is 0 Å². The number of hydrogen-bond acceptors (Lipinski definition) is 1. The SMILES string of the molecule is CC(Cl)CCN(C)C(=O)c1ccc(C(F)(F)F)cc1. The van der Waals surface area contributed by atoms with Crippen molar-refractivity contribution in [2.75, 3.05) is 13.6 Å². The molecule has 0 aliphatic heterocycles. The van der Waals surface area contributed by atoms with E-state index in [1.165, 1.54) is 17.0 Å². The normalized spacial score (nSPS) is 13.2. The zero-order valence-electron chi connectivity index (χ0n) is 10.7. The van der Waals surface area contributed by atoms with Gasteiger partial charge in [-0.15, -0.1) is 11.6 Å². The van der Waals surface area contributed by atoms with Crippen molar-refractivity contribution in [2.45, 2.75) is 24.9 Å². The molecule has 0 radical (unpaired) electrons. The van der Waals surface area contributed by atoms with E-state index < -0.39 is 11.7 Å². The van der Waals surface area contributed by atoms with E-state index in [0.717, 1.165) is 12.1 Å². The van der Waals surface area contributed by atoms with E-state index in [9.17, 15) is 18.0 Å². The quantitative estimate of drug-likeness (QED) is 0.773. The van der Waals surface area contributed by atoms with Crippen LogP contribution in [0.4, 0.5) is 13.2 Å². The molecule has 1 amide bonds. The highest BCUT2D eigenvalue weighted by atomic mass is 35.5. The third-order valence-corrected chi connectivity index (χ3v) is 2.89. The summed E-state index contributed by atoms with van der Waals surface area (Å²) in [5, 5.41) is -0.0529. The van der Waals surface area contributed by atoms with Crippen LogP contribution in [0.2, 0.25) is 0 Å². The van der Waals surface area contributed by atoms with Gasteiger partial charge in [-0.25, -0.2) is 0 Å². The number of carbonyl (C=O) groups is 1. The number of halogens is 4. The molecule has 0 fully saturated rings. The zero-order chi connectivity index (χ0) is 14.6. The number of amides is 1. The second-order valence-electron chi connectivity index (χ2n) is 4.37. The molecule has 1 rings (SSSR count). The van der Waals surface area contributed by atoms with Gasteiger partial charge < -0.3 is 4.90 Å². The molecule has 1 aromatic carbocycles. The molecular weight excluding hydrogens is 279 g/mol. The van der Waals surface area contributed by atoms with Gasteiger partial charge in [-0.05, 0) is 37.6 Å². The van der Waals surface area contributed by atoms with Gasteiger partial charge in [0, 0.05) is 24.5 Å². The van der Waals surface area contributed by atoms with Gasteiger partial charge in [-0.3, -0.25) is 4.79 Å². The van der Waals surface area contributed by atoms with Gasteiger partial charge in [0.05, 0.1) is 5.56 Å². The van der Waals surface area contributed by atoms with E-state index in [-0.39, 0.29) is 16.8 Å². The fourth-order valence-electron chi connectivity index (χ4n) is 1.50. The van der Waals surface area contributed by atoms with E-state index >= 15 is 0 Å². The molecule has 0 saturated carbocycles. The first kappa shape index (κ1) is 15.8. The van der Waals surface area contributed by atoms with Crippen LogP contribution in [0.15, 0.2) is 24.3 Å². The molecular formula is C13H15ClF3NO. The van der Waals surface area contributed by atoms with Crippen molar-refractivity contribution in [3.8, 4) is 0 Å². The van der Waals surface area contributed by atoms with Crippen LogP contribution in [0.1, 0.15) is 29.3 Å². The maximum Gasteiger partial charge on any atom is 0.416 e. The smallest absolute Gasteiger partial charge is 0.342 e. The van der Waals surface area contributed by atoms with Crippen molar-refractivity contribution in [1.82, 2.24) is 4.90 Å². The predicted octanol–water partition coefficient (Wildman–Crippen LogP) is 3.79. The summed E-state index contributed by atoms with van der Waals surface area (Å²) in [6.07, 6.45) is -3.76. The highest BCUT2D eigenvalue weighted by molar-refractivity contribution is 6.20. The Balaban J connectivity index is 2.72. The number of benzene rings is 1. The first-order chi connectivity index (χ1) is 8.71. The van der Waals surface area contributed by atoms with E-state index in [4.69, 9.17) is 11.6 Å². The summed E-state index contributed by atoms with van der Waals surface area (Å²) in [5.41, 5.74) is -0.529. The average molecular weight is 294 g/mol. The Hall–Kier alpha value is -1.23. The molecule has 0 heterocycles. The molecule has 0 aliphatic carbocycles. The standard InChI is InChI=1S/C13H15ClF3NO/c1-9(14)7-8-18(2)12(19)10-3-5-11(6-4-10)13(15,16)17/h3-6,9H,7-8H2,1-2H3. The van der Waals surface area contributed by atoms with Gasteiger partial charge in [0.2, 0.25) is 0 Å². The highest BCUT2D eigenvalue weighted by Crippen LogP contribution is 2.29. The molecule has 19 heavy (non-hydrogen) atoms. The second-order valence-corrected chi connectivity index (χ2v) is 5.12. The van der Waals surface area contributed by atoms with Crippen LogP contribution in [0.25, 0.3) is 0 Å². The Morgan fingerprint density at radius 3 is 2.26 bits per heavy atom.